The largest absolute Gasteiger partial charge is 0.442 e. The Hall–Kier alpha value is -3.25. The molecular weight excluding hydrogens is 496 g/mol. The van der Waals surface area contributed by atoms with Crippen molar-refractivity contribution in [1.29, 1.82) is 0 Å². The highest BCUT2D eigenvalue weighted by atomic mass is 32.2. The Morgan fingerprint density at radius 1 is 1.14 bits per heavy atom. The molecule has 2 amide bonds. The smallest absolute Gasteiger partial charge is 0.414 e. The molecule has 0 aliphatic carbocycles. The quantitative estimate of drug-likeness (QED) is 0.556. The fourth-order valence-electron chi connectivity index (χ4n) is 4.37. The summed E-state index contributed by atoms with van der Waals surface area (Å²) in [5, 5.41) is 2.58. The van der Waals surface area contributed by atoms with Gasteiger partial charge in [-0.1, -0.05) is 6.07 Å². The van der Waals surface area contributed by atoms with E-state index in [1.54, 1.807) is 23.1 Å². The summed E-state index contributed by atoms with van der Waals surface area (Å²) in [4.78, 5) is 26.3. The first-order valence-corrected chi connectivity index (χ1v) is 13.3. The molecule has 2 aliphatic heterocycles. The van der Waals surface area contributed by atoms with Gasteiger partial charge in [-0.05, 0) is 48.7 Å². The van der Waals surface area contributed by atoms with Crippen LogP contribution >= 0.6 is 0 Å². The van der Waals surface area contributed by atoms with Crippen LogP contribution in [0.4, 0.5) is 25.0 Å². The van der Waals surface area contributed by atoms with E-state index in [9.17, 15) is 22.4 Å². The number of rotatable bonds is 7. The van der Waals surface area contributed by atoms with E-state index >= 15 is 4.39 Å². The Bertz CT molecular complexity index is 1260. The molecule has 36 heavy (non-hydrogen) atoms. The molecule has 0 bridgehead atoms. The zero-order chi connectivity index (χ0) is 26.0. The molecule has 4 rings (SSSR count). The number of nitrogens with one attached hydrogen (secondary N) is 1. The molecule has 12 heteroatoms. The van der Waals surface area contributed by atoms with E-state index in [4.69, 9.17) is 8.92 Å². The lowest BCUT2D eigenvalue weighted by Crippen LogP contribution is -2.38. The maximum atomic E-state index is 15.0. The van der Waals surface area contributed by atoms with Crippen molar-refractivity contribution in [3.05, 3.63) is 48.0 Å². The molecule has 9 nitrogen and oxygen atoms in total. The summed E-state index contributed by atoms with van der Waals surface area (Å²) < 4.78 is 62.8. The molecule has 194 valence electrons. The van der Waals surface area contributed by atoms with Crippen molar-refractivity contribution in [2.45, 2.75) is 32.0 Å². The lowest BCUT2D eigenvalue weighted by Gasteiger charge is -2.33. The second-order valence-electron chi connectivity index (χ2n) is 8.87. The van der Waals surface area contributed by atoms with E-state index in [0.717, 1.165) is 6.26 Å². The van der Waals surface area contributed by atoms with E-state index in [0.29, 0.717) is 42.9 Å². The molecular formula is C24H27F2N3O6S. The Morgan fingerprint density at radius 2 is 1.86 bits per heavy atom. The number of ether oxygens (including phenoxy) is 1. The predicted molar refractivity (Wildman–Crippen MR) is 129 cm³/mol. The summed E-state index contributed by atoms with van der Waals surface area (Å²) in [5.74, 6) is -1.40. The van der Waals surface area contributed by atoms with Gasteiger partial charge >= 0.3 is 6.09 Å². The molecule has 1 unspecified atom stereocenters. The third kappa shape index (κ3) is 6.11. The van der Waals surface area contributed by atoms with Crippen LogP contribution in [0.25, 0.3) is 11.1 Å². The lowest BCUT2D eigenvalue weighted by molar-refractivity contribution is -0.119. The van der Waals surface area contributed by atoms with Crippen molar-refractivity contribution in [3.63, 3.8) is 0 Å². The van der Waals surface area contributed by atoms with Crippen LogP contribution in [0.1, 0.15) is 19.8 Å². The second-order valence-corrected chi connectivity index (χ2v) is 10.5. The summed E-state index contributed by atoms with van der Waals surface area (Å²) in [6, 6.07) is 8.65. The highest BCUT2D eigenvalue weighted by Crippen LogP contribution is 2.32. The Labute approximate surface area is 208 Å². The number of carbonyl (C=O) groups excluding carboxylic acids is 2. The van der Waals surface area contributed by atoms with Gasteiger partial charge in [0.25, 0.3) is 10.1 Å². The average molecular weight is 524 g/mol. The van der Waals surface area contributed by atoms with E-state index in [1.165, 1.54) is 30.0 Å². The fourth-order valence-corrected chi connectivity index (χ4v) is 5.06. The SMILES string of the molecule is CC(=O)NCC1CN(c2ccc(-c3ccc(N4CCC(OS(C)(=O)=O)CC4)c(F)c3)c(F)c2)C(=O)O1. The van der Waals surface area contributed by atoms with Gasteiger partial charge in [0.05, 0.1) is 36.8 Å². The minimum Gasteiger partial charge on any atom is -0.442 e. The standard InChI is InChI=1S/C24H27F2N3O6S/c1-15(30)27-13-19-14-29(24(31)34-19)17-4-5-20(21(25)12-17)16-3-6-23(22(26)11-16)28-9-7-18(8-10-28)35-36(2,32)33/h3-6,11-12,18-19H,7-10,13-14H2,1-2H3,(H,27,30). The van der Waals surface area contributed by atoms with Crippen molar-refractivity contribution >= 4 is 33.5 Å². The minimum absolute atomic E-state index is 0.159. The molecule has 0 aromatic heterocycles. The summed E-state index contributed by atoms with van der Waals surface area (Å²) in [6.45, 7) is 2.53. The maximum absolute atomic E-state index is 15.0. The molecule has 0 saturated carbocycles. The topological polar surface area (TPSA) is 105 Å². The monoisotopic (exact) mass is 523 g/mol. The van der Waals surface area contributed by atoms with Crippen LogP contribution in [0.15, 0.2) is 36.4 Å². The third-order valence-electron chi connectivity index (χ3n) is 6.07. The fraction of sp³-hybridized carbons (Fsp3) is 0.417. The number of anilines is 2. The van der Waals surface area contributed by atoms with Gasteiger partial charge in [0.1, 0.15) is 17.7 Å². The van der Waals surface area contributed by atoms with Crippen LogP contribution in [0.5, 0.6) is 0 Å². The van der Waals surface area contributed by atoms with Crippen molar-refractivity contribution in [3.8, 4) is 11.1 Å². The summed E-state index contributed by atoms with van der Waals surface area (Å²) in [5.41, 5.74) is 1.15. The number of amides is 2. The number of nitrogens with zero attached hydrogens (tertiary/aromatic N) is 2. The molecule has 2 aromatic rings. The van der Waals surface area contributed by atoms with Crippen molar-refractivity contribution in [1.82, 2.24) is 5.32 Å². The lowest BCUT2D eigenvalue weighted by atomic mass is 10.0. The molecule has 0 radical (unpaired) electrons. The third-order valence-corrected chi connectivity index (χ3v) is 6.69. The molecule has 2 aliphatic rings. The maximum Gasteiger partial charge on any atom is 0.414 e. The molecule has 0 spiro atoms. The highest BCUT2D eigenvalue weighted by molar-refractivity contribution is 7.86. The zero-order valence-electron chi connectivity index (χ0n) is 19.9. The van der Waals surface area contributed by atoms with Gasteiger partial charge < -0.3 is 15.0 Å². The summed E-state index contributed by atoms with van der Waals surface area (Å²) in [6.07, 6.45) is 0.266. The van der Waals surface area contributed by atoms with Gasteiger partial charge in [-0.2, -0.15) is 8.42 Å². The number of halogens is 2. The number of piperidine rings is 1. The van der Waals surface area contributed by atoms with Crippen LogP contribution in [-0.4, -0.2) is 65.1 Å². The van der Waals surface area contributed by atoms with Crippen LogP contribution in [0, 0.1) is 11.6 Å². The van der Waals surface area contributed by atoms with E-state index in [1.807, 2.05) is 0 Å². The zero-order valence-corrected chi connectivity index (χ0v) is 20.7. The Balaban J connectivity index is 1.44. The first-order chi connectivity index (χ1) is 17.0. The molecule has 1 atom stereocenters. The van der Waals surface area contributed by atoms with E-state index < -0.39 is 40.1 Å². The number of hydrogen-bond donors (Lipinski definition) is 1. The molecule has 2 aromatic carbocycles. The molecule has 2 saturated heterocycles. The number of hydrogen-bond acceptors (Lipinski definition) is 7. The van der Waals surface area contributed by atoms with Crippen LogP contribution in [-0.2, 0) is 23.8 Å². The minimum atomic E-state index is -3.55. The van der Waals surface area contributed by atoms with Gasteiger partial charge in [-0.25, -0.2) is 13.6 Å². The van der Waals surface area contributed by atoms with Crippen LogP contribution in [0.2, 0.25) is 0 Å². The van der Waals surface area contributed by atoms with E-state index in [2.05, 4.69) is 5.32 Å². The van der Waals surface area contributed by atoms with Crippen molar-refractivity contribution in [2.75, 3.05) is 42.2 Å². The first-order valence-electron chi connectivity index (χ1n) is 11.5. The van der Waals surface area contributed by atoms with Gasteiger partial charge in [0.2, 0.25) is 5.91 Å². The molecule has 1 N–H and O–H groups in total. The normalized spacial score (nSPS) is 18.9. The number of carbonyl (C=O) groups is 2. The predicted octanol–water partition coefficient (Wildman–Crippen LogP) is 3.04. The van der Waals surface area contributed by atoms with Crippen molar-refractivity contribution in [2.24, 2.45) is 0 Å². The van der Waals surface area contributed by atoms with Gasteiger partial charge in [0, 0.05) is 25.6 Å². The van der Waals surface area contributed by atoms with Crippen LogP contribution < -0.4 is 15.1 Å². The second kappa shape index (κ2) is 10.4. The van der Waals surface area contributed by atoms with E-state index in [-0.39, 0.29) is 24.6 Å². The number of benzene rings is 2. The highest BCUT2D eigenvalue weighted by Gasteiger charge is 2.33. The molecule has 2 heterocycles. The first kappa shape index (κ1) is 25.8. The van der Waals surface area contributed by atoms with Gasteiger partial charge in [0.15, 0.2) is 0 Å². The summed E-state index contributed by atoms with van der Waals surface area (Å²) >= 11 is 0. The van der Waals surface area contributed by atoms with Crippen LogP contribution in [0.3, 0.4) is 0 Å². The average Bonchev–Trinajstić information content (AvgIpc) is 3.18. The number of cyclic esters (lactones) is 1. The van der Waals surface area contributed by atoms with Gasteiger partial charge in [-0.15, -0.1) is 0 Å². The van der Waals surface area contributed by atoms with Gasteiger partial charge in [-0.3, -0.25) is 13.9 Å². The Kier molecular flexibility index (Phi) is 7.46. The van der Waals surface area contributed by atoms with Crippen molar-refractivity contribution < 1.29 is 35.7 Å². The summed E-state index contributed by atoms with van der Waals surface area (Å²) in [7, 11) is -3.55. The molecule has 2 fully saturated rings. The Morgan fingerprint density at radius 3 is 2.47 bits per heavy atom.